The Morgan fingerprint density at radius 3 is 2.67 bits per heavy atom. The SMILES string of the molecule is Cc1cc(/C(N)=N/O)ccc1CN(C)CC(C)O. The molecule has 0 aliphatic rings. The number of rotatable bonds is 5. The van der Waals surface area contributed by atoms with E-state index in [9.17, 15) is 5.11 Å². The summed E-state index contributed by atoms with van der Waals surface area (Å²) in [7, 11) is 1.96. The maximum Gasteiger partial charge on any atom is 0.170 e. The second kappa shape index (κ2) is 6.37. The lowest BCUT2D eigenvalue weighted by Crippen LogP contribution is -2.27. The molecule has 0 saturated carbocycles. The van der Waals surface area contributed by atoms with Gasteiger partial charge in [0.2, 0.25) is 0 Å². The zero-order valence-corrected chi connectivity index (χ0v) is 11.1. The van der Waals surface area contributed by atoms with Gasteiger partial charge in [-0.05, 0) is 38.1 Å². The summed E-state index contributed by atoms with van der Waals surface area (Å²) in [6, 6.07) is 5.68. The average Bonchev–Trinajstić information content (AvgIpc) is 2.29. The fraction of sp³-hybridized carbons (Fsp3) is 0.462. The summed E-state index contributed by atoms with van der Waals surface area (Å²) in [5, 5.41) is 20.9. The predicted molar refractivity (Wildman–Crippen MR) is 71.7 cm³/mol. The number of aryl methyl sites for hydroxylation is 1. The third-order valence-corrected chi connectivity index (χ3v) is 2.76. The van der Waals surface area contributed by atoms with Gasteiger partial charge in [-0.15, -0.1) is 0 Å². The van der Waals surface area contributed by atoms with Gasteiger partial charge in [-0.25, -0.2) is 0 Å². The van der Waals surface area contributed by atoms with E-state index in [0.29, 0.717) is 12.1 Å². The Balaban J connectivity index is 2.80. The molecule has 1 atom stereocenters. The Kier molecular flexibility index (Phi) is 5.12. The minimum Gasteiger partial charge on any atom is -0.409 e. The van der Waals surface area contributed by atoms with Crippen LogP contribution in [0.4, 0.5) is 0 Å². The molecule has 0 bridgehead atoms. The maximum absolute atomic E-state index is 9.32. The molecule has 0 radical (unpaired) electrons. The van der Waals surface area contributed by atoms with Gasteiger partial charge < -0.3 is 16.0 Å². The molecule has 0 saturated heterocycles. The molecule has 5 heteroatoms. The van der Waals surface area contributed by atoms with Crippen molar-refractivity contribution in [3.63, 3.8) is 0 Å². The fourth-order valence-electron chi connectivity index (χ4n) is 1.90. The molecule has 1 aromatic rings. The van der Waals surface area contributed by atoms with Crippen molar-refractivity contribution in [3.05, 3.63) is 34.9 Å². The number of aliphatic hydroxyl groups excluding tert-OH is 1. The molecule has 0 aliphatic carbocycles. The van der Waals surface area contributed by atoms with Crippen LogP contribution in [0.3, 0.4) is 0 Å². The van der Waals surface area contributed by atoms with E-state index in [1.165, 1.54) is 0 Å². The third kappa shape index (κ3) is 4.01. The van der Waals surface area contributed by atoms with Crippen molar-refractivity contribution in [1.82, 2.24) is 4.90 Å². The molecule has 1 rings (SSSR count). The first kappa shape index (κ1) is 14.5. The summed E-state index contributed by atoms with van der Waals surface area (Å²) in [6.07, 6.45) is -0.341. The summed E-state index contributed by atoms with van der Waals surface area (Å²) in [6.45, 7) is 5.14. The lowest BCUT2D eigenvalue weighted by molar-refractivity contribution is 0.138. The van der Waals surface area contributed by atoms with Gasteiger partial charge in [0.1, 0.15) is 0 Å². The molecule has 1 unspecified atom stereocenters. The Labute approximate surface area is 108 Å². The quantitative estimate of drug-likeness (QED) is 0.314. The summed E-state index contributed by atoms with van der Waals surface area (Å²) in [5.74, 6) is 0.113. The van der Waals surface area contributed by atoms with Crippen LogP contribution >= 0.6 is 0 Å². The van der Waals surface area contributed by atoms with Crippen molar-refractivity contribution in [3.8, 4) is 0 Å². The van der Waals surface area contributed by atoms with Gasteiger partial charge >= 0.3 is 0 Å². The standard InChI is InChI=1S/C13H21N3O2/c1-9-6-11(13(14)15-18)4-5-12(9)8-16(3)7-10(2)17/h4-6,10,17-18H,7-8H2,1-3H3,(H2,14,15). The molecular weight excluding hydrogens is 230 g/mol. The number of hydrogen-bond donors (Lipinski definition) is 3. The number of nitrogens with zero attached hydrogens (tertiary/aromatic N) is 2. The van der Waals surface area contributed by atoms with E-state index in [4.69, 9.17) is 10.9 Å². The topological polar surface area (TPSA) is 82.1 Å². The minimum absolute atomic E-state index is 0.113. The molecule has 0 aromatic heterocycles. The van der Waals surface area contributed by atoms with Crippen LogP contribution in [0.25, 0.3) is 0 Å². The third-order valence-electron chi connectivity index (χ3n) is 2.76. The fourth-order valence-corrected chi connectivity index (χ4v) is 1.90. The van der Waals surface area contributed by atoms with Gasteiger partial charge in [-0.3, -0.25) is 4.90 Å². The highest BCUT2D eigenvalue weighted by Gasteiger charge is 2.07. The first-order valence-electron chi connectivity index (χ1n) is 5.88. The monoisotopic (exact) mass is 251 g/mol. The van der Waals surface area contributed by atoms with E-state index in [1.807, 2.05) is 32.2 Å². The second-order valence-corrected chi connectivity index (χ2v) is 4.67. The van der Waals surface area contributed by atoms with Crippen molar-refractivity contribution in [2.45, 2.75) is 26.5 Å². The number of nitrogens with two attached hydrogens (primary N) is 1. The smallest absolute Gasteiger partial charge is 0.170 e. The van der Waals surface area contributed by atoms with Gasteiger partial charge in [0.15, 0.2) is 5.84 Å². The second-order valence-electron chi connectivity index (χ2n) is 4.67. The van der Waals surface area contributed by atoms with E-state index in [-0.39, 0.29) is 11.9 Å². The van der Waals surface area contributed by atoms with Crippen molar-refractivity contribution in [2.75, 3.05) is 13.6 Å². The molecule has 18 heavy (non-hydrogen) atoms. The van der Waals surface area contributed by atoms with Gasteiger partial charge in [-0.1, -0.05) is 17.3 Å². The van der Waals surface area contributed by atoms with E-state index in [2.05, 4.69) is 10.1 Å². The van der Waals surface area contributed by atoms with Crippen LogP contribution in [-0.2, 0) is 6.54 Å². The molecule has 0 fully saturated rings. The number of oxime groups is 1. The van der Waals surface area contributed by atoms with Crippen LogP contribution in [0.15, 0.2) is 23.4 Å². The summed E-state index contributed by atoms with van der Waals surface area (Å²) in [4.78, 5) is 2.05. The maximum atomic E-state index is 9.32. The van der Waals surface area contributed by atoms with Crippen LogP contribution < -0.4 is 5.73 Å². The van der Waals surface area contributed by atoms with Crippen molar-refractivity contribution < 1.29 is 10.3 Å². The molecule has 0 heterocycles. The normalized spacial score (nSPS) is 13.9. The van der Waals surface area contributed by atoms with Crippen LogP contribution in [0.1, 0.15) is 23.6 Å². The van der Waals surface area contributed by atoms with Crippen molar-refractivity contribution in [1.29, 1.82) is 0 Å². The Hall–Kier alpha value is -1.59. The first-order chi connectivity index (χ1) is 8.43. The number of aliphatic hydroxyl groups is 1. The highest BCUT2D eigenvalue weighted by atomic mass is 16.4. The highest BCUT2D eigenvalue weighted by Crippen LogP contribution is 2.13. The lowest BCUT2D eigenvalue weighted by atomic mass is 10.0. The highest BCUT2D eigenvalue weighted by molar-refractivity contribution is 5.97. The van der Waals surface area contributed by atoms with E-state index < -0.39 is 0 Å². The molecule has 4 N–H and O–H groups in total. The number of likely N-dealkylation sites (N-methyl/N-ethyl adjacent to an activating group) is 1. The van der Waals surface area contributed by atoms with E-state index in [1.54, 1.807) is 6.92 Å². The molecule has 0 spiro atoms. The number of amidine groups is 1. The minimum atomic E-state index is -0.341. The summed E-state index contributed by atoms with van der Waals surface area (Å²) < 4.78 is 0. The number of benzene rings is 1. The molecule has 0 amide bonds. The predicted octanol–water partition coefficient (Wildman–Crippen LogP) is 0.902. The molecule has 5 nitrogen and oxygen atoms in total. The van der Waals surface area contributed by atoms with Crippen LogP contribution in [0.2, 0.25) is 0 Å². The lowest BCUT2D eigenvalue weighted by Gasteiger charge is -2.19. The zero-order chi connectivity index (χ0) is 13.7. The van der Waals surface area contributed by atoms with Crippen LogP contribution in [-0.4, -0.2) is 40.7 Å². The first-order valence-corrected chi connectivity index (χ1v) is 5.88. The van der Waals surface area contributed by atoms with Crippen LogP contribution in [0, 0.1) is 6.92 Å². The Bertz CT molecular complexity index is 430. The molecule has 100 valence electrons. The molecule has 1 aromatic carbocycles. The largest absolute Gasteiger partial charge is 0.409 e. The van der Waals surface area contributed by atoms with Gasteiger partial charge in [0.05, 0.1) is 6.10 Å². The van der Waals surface area contributed by atoms with Gasteiger partial charge in [0, 0.05) is 18.7 Å². The van der Waals surface area contributed by atoms with E-state index in [0.717, 1.165) is 17.7 Å². The summed E-state index contributed by atoms with van der Waals surface area (Å²) >= 11 is 0. The Morgan fingerprint density at radius 2 is 2.17 bits per heavy atom. The zero-order valence-electron chi connectivity index (χ0n) is 11.1. The summed E-state index contributed by atoms with van der Waals surface area (Å²) in [5.41, 5.74) is 8.48. The van der Waals surface area contributed by atoms with Crippen LogP contribution in [0.5, 0.6) is 0 Å². The van der Waals surface area contributed by atoms with Gasteiger partial charge in [-0.2, -0.15) is 0 Å². The molecule has 0 aliphatic heterocycles. The van der Waals surface area contributed by atoms with Crippen molar-refractivity contribution in [2.24, 2.45) is 10.9 Å². The van der Waals surface area contributed by atoms with Gasteiger partial charge in [0.25, 0.3) is 0 Å². The average molecular weight is 251 g/mol. The van der Waals surface area contributed by atoms with Crippen molar-refractivity contribution >= 4 is 5.84 Å². The van der Waals surface area contributed by atoms with E-state index >= 15 is 0 Å². The Morgan fingerprint density at radius 1 is 1.50 bits per heavy atom. The number of hydrogen-bond acceptors (Lipinski definition) is 4. The molecular formula is C13H21N3O2.